The van der Waals surface area contributed by atoms with Gasteiger partial charge in [0.15, 0.2) is 6.61 Å². The molecule has 0 aliphatic carbocycles. The Hall–Kier alpha value is -2.42. The molecule has 0 aliphatic rings. The fourth-order valence-corrected chi connectivity index (χ4v) is 2.76. The number of benzene rings is 1. The summed E-state index contributed by atoms with van der Waals surface area (Å²) < 4.78 is 46.9. The first kappa shape index (κ1) is 20.9. The smallest absolute Gasteiger partial charge is 0.422 e. The predicted molar refractivity (Wildman–Crippen MR) is 96.0 cm³/mol. The van der Waals surface area contributed by atoms with Gasteiger partial charge in [0.05, 0.1) is 12.4 Å². The van der Waals surface area contributed by atoms with E-state index in [1.807, 2.05) is 31.2 Å². The molecular weight excluding hydrogens is 381 g/mol. The van der Waals surface area contributed by atoms with Crippen LogP contribution in [0.25, 0.3) is 0 Å². The van der Waals surface area contributed by atoms with Crippen molar-refractivity contribution in [3.05, 3.63) is 48.2 Å². The van der Waals surface area contributed by atoms with Crippen LogP contribution in [-0.2, 0) is 11.3 Å². The van der Waals surface area contributed by atoms with Crippen molar-refractivity contribution in [1.29, 1.82) is 0 Å². The number of carbonyl (C=O) groups excluding carboxylic acids is 1. The summed E-state index contributed by atoms with van der Waals surface area (Å²) in [7, 11) is 0. The quantitative estimate of drug-likeness (QED) is 0.649. The van der Waals surface area contributed by atoms with Crippen molar-refractivity contribution in [1.82, 2.24) is 10.3 Å². The second kappa shape index (κ2) is 10.1. The average Bonchev–Trinajstić information content (AvgIpc) is 2.64. The molecule has 0 aliphatic heterocycles. The molecule has 1 amide bonds. The highest BCUT2D eigenvalue weighted by atomic mass is 32.2. The minimum atomic E-state index is -4.45. The fourth-order valence-electron chi connectivity index (χ4n) is 2.03. The first-order chi connectivity index (χ1) is 12.9. The van der Waals surface area contributed by atoms with E-state index in [0.717, 1.165) is 10.6 Å². The first-order valence-corrected chi connectivity index (χ1v) is 9.11. The second-order valence-corrected chi connectivity index (χ2v) is 6.39. The molecule has 0 unspecified atom stereocenters. The predicted octanol–water partition coefficient (Wildman–Crippen LogP) is 3.83. The molecule has 0 saturated carbocycles. The van der Waals surface area contributed by atoms with Crippen LogP contribution < -0.4 is 14.8 Å². The molecular formula is C18H19F3N2O3S. The Morgan fingerprint density at radius 1 is 1.19 bits per heavy atom. The molecule has 2 rings (SSSR count). The number of thioether (sulfide) groups is 1. The molecule has 1 aromatic carbocycles. The van der Waals surface area contributed by atoms with E-state index in [1.165, 1.54) is 18.0 Å². The summed E-state index contributed by atoms with van der Waals surface area (Å²) in [5.41, 5.74) is 0.376. The Morgan fingerprint density at radius 2 is 1.93 bits per heavy atom. The third kappa shape index (κ3) is 7.78. The van der Waals surface area contributed by atoms with E-state index in [4.69, 9.17) is 4.74 Å². The van der Waals surface area contributed by atoms with Gasteiger partial charge in [0.1, 0.15) is 5.75 Å². The highest BCUT2D eigenvalue weighted by molar-refractivity contribution is 8.00. The first-order valence-electron chi connectivity index (χ1n) is 8.13. The van der Waals surface area contributed by atoms with E-state index < -0.39 is 12.8 Å². The monoisotopic (exact) mass is 400 g/mol. The van der Waals surface area contributed by atoms with E-state index in [0.29, 0.717) is 12.2 Å². The zero-order valence-corrected chi connectivity index (χ0v) is 15.4. The number of hydrogen-bond donors (Lipinski definition) is 1. The summed E-state index contributed by atoms with van der Waals surface area (Å²) in [5, 5.41) is 2.65. The van der Waals surface area contributed by atoms with E-state index in [-0.39, 0.29) is 24.1 Å². The molecule has 1 N–H and O–H groups in total. The number of rotatable bonds is 9. The van der Waals surface area contributed by atoms with Crippen LogP contribution in [0.15, 0.2) is 47.5 Å². The zero-order chi connectivity index (χ0) is 19.7. The fraction of sp³-hybridized carbons (Fsp3) is 0.333. The van der Waals surface area contributed by atoms with Crippen LogP contribution in [0, 0.1) is 0 Å². The third-order valence-corrected chi connectivity index (χ3v) is 4.22. The van der Waals surface area contributed by atoms with Gasteiger partial charge in [-0.3, -0.25) is 4.79 Å². The number of ether oxygens (including phenoxy) is 2. The van der Waals surface area contributed by atoms with Gasteiger partial charge < -0.3 is 14.8 Å². The van der Waals surface area contributed by atoms with Gasteiger partial charge in [-0.15, -0.1) is 11.8 Å². The Bertz CT molecular complexity index is 739. The maximum Gasteiger partial charge on any atom is 0.422 e. The van der Waals surface area contributed by atoms with Crippen molar-refractivity contribution in [2.24, 2.45) is 0 Å². The largest absolute Gasteiger partial charge is 0.494 e. The minimum absolute atomic E-state index is 0.0315. The third-order valence-electron chi connectivity index (χ3n) is 3.20. The SMILES string of the molecule is CCOc1ccc(SCC(=O)NCc2cccnc2OCC(F)(F)F)cc1. The van der Waals surface area contributed by atoms with Crippen molar-refractivity contribution in [2.75, 3.05) is 19.0 Å². The van der Waals surface area contributed by atoms with Gasteiger partial charge in [-0.2, -0.15) is 13.2 Å². The molecule has 9 heteroatoms. The number of nitrogens with zero attached hydrogens (tertiary/aromatic N) is 1. The number of hydrogen-bond acceptors (Lipinski definition) is 5. The van der Waals surface area contributed by atoms with Crippen LogP contribution in [-0.4, -0.2) is 36.0 Å². The van der Waals surface area contributed by atoms with Crippen LogP contribution in [0.3, 0.4) is 0 Å². The van der Waals surface area contributed by atoms with Crippen molar-refractivity contribution < 1.29 is 27.4 Å². The molecule has 0 atom stereocenters. The molecule has 0 spiro atoms. The Kier molecular flexibility index (Phi) is 7.78. The van der Waals surface area contributed by atoms with Gasteiger partial charge in [-0.05, 0) is 37.3 Å². The maximum atomic E-state index is 12.3. The Labute approximate surface area is 159 Å². The van der Waals surface area contributed by atoms with Gasteiger partial charge in [0, 0.05) is 23.2 Å². The summed E-state index contributed by atoms with van der Waals surface area (Å²) in [6.45, 7) is 1.08. The van der Waals surface area contributed by atoms with Gasteiger partial charge in [-0.1, -0.05) is 6.07 Å². The summed E-state index contributed by atoms with van der Waals surface area (Å²) in [6, 6.07) is 10.5. The molecule has 0 radical (unpaired) electrons. The van der Waals surface area contributed by atoms with Crippen LogP contribution in [0.2, 0.25) is 0 Å². The molecule has 146 valence electrons. The topological polar surface area (TPSA) is 60.5 Å². The van der Waals surface area contributed by atoms with Gasteiger partial charge in [0.2, 0.25) is 11.8 Å². The molecule has 1 aromatic heterocycles. The number of pyridine rings is 1. The van der Waals surface area contributed by atoms with Crippen molar-refractivity contribution in [2.45, 2.75) is 24.5 Å². The van der Waals surface area contributed by atoms with Crippen molar-refractivity contribution in [3.63, 3.8) is 0 Å². The average molecular weight is 400 g/mol. The van der Waals surface area contributed by atoms with Gasteiger partial charge >= 0.3 is 6.18 Å². The van der Waals surface area contributed by atoms with E-state index in [2.05, 4.69) is 15.0 Å². The molecule has 1 heterocycles. The van der Waals surface area contributed by atoms with E-state index in [9.17, 15) is 18.0 Å². The zero-order valence-electron chi connectivity index (χ0n) is 14.6. The number of nitrogens with one attached hydrogen (secondary N) is 1. The van der Waals surface area contributed by atoms with Crippen LogP contribution in [0.4, 0.5) is 13.2 Å². The molecule has 0 bridgehead atoms. The van der Waals surface area contributed by atoms with Crippen LogP contribution >= 0.6 is 11.8 Å². The normalized spacial score (nSPS) is 11.1. The number of carbonyl (C=O) groups is 1. The highest BCUT2D eigenvalue weighted by Crippen LogP contribution is 2.22. The van der Waals surface area contributed by atoms with Gasteiger partial charge in [-0.25, -0.2) is 4.98 Å². The molecule has 2 aromatic rings. The maximum absolute atomic E-state index is 12.3. The van der Waals surface area contributed by atoms with Gasteiger partial charge in [0.25, 0.3) is 0 Å². The molecule has 0 fully saturated rings. The summed E-state index contributed by atoms with van der Waals surface area (Å²) >= 11 is 1.35. The minimum Gasteiger partial charge on any atom is -0.494 e. The molecule has 27 heavy (non-hydrogen) atoms. The lowest BCUT2D eigenvalue weighted by Crippen LogP contribution is -2.25. The summed E-state index contributed by atoms with van der Waals surface area (Å²) in [6.07, 6.45) is -3.12. The number of alkyl halides is 3. The van der Waals surface area contributed by atoms with E-state index >= 15 is 0 Å². The Balaban J connectivity index is 1.81. The standard InChI is InChI=1S/C18H19F3N2O3S/c1-2-25-14-5-7-15(8-6-14)27-11-16(24)23-10-13-4-3-9-22-17(13)26-12-18(19,20)21/h3-9H,2,10-12H2,1H3,(H,23,24). The van der Waals surface area contributed by atoms with E-state index in [1.54, 1.807) is 12.1 Å². The lowest BCUT2D eigenvalue weighted by molar-refractivity contribution is -0.154. The lowest BCUT2D eigenvalue weighted by atomic mass is 10.2. The number of halogens is 3. The highest BCUT2D eigenvalue weighted by Gasteiger charge is 2.29. The second-order valence-electron chi connectivity index (χ2n) is 5.34. The molecule has 0 saturated heterocycles. The Morgan fingerprint density at radius 3 is 2.59 bits per heavy atom. The molecule has 5 nitrogen and oxygen atoms in total. The number of aromatic nitrogens is 1. The van der Waals surface area contributed by atoms with Crippen LogP contribution in [0.5, 0.6) is 11.6 Å². The van der Waals surface area contributed by atoms with Crippen molar-refractivity contribution >= 4 is 17.7 Å². The summed E-state index contributed by atoms with van der Waals surface area (Å²) in [5.74, 6) is 0.538. The van der Waals surface area contributed by atoms with Crippen molar-refractivity contribution in [3.8, 4) is 11.6 Å². The summed E-state index contributed by atoms with van der Waals surface area (Å²) in [4.78, 5) is 16.7. The van der Waals surface area contributed by atoms with Crippen LogP contribution in [0.1, 0.15) is 12.5 Å². The number of amides is 1. The lowest BCUT2D eigenvalue weighted by Gasteiger charge is -2.12.